The first-order chi connectivity index (χ1) is 7.06. The Hall–Kier alpha value is -1.64. The average Bonchev–Trinajstić information content (AvgIpc) is 2.27. The fourth-order valence-corrected chi connectivity index (χ4v) is 1.26. The summed E-state index contributed by atoms with van der Waals surface area (Å²) in [5, 5.41) is 0. The van der Waals surface area contributed by atoms with Crippen LogP contribution in [0.25, 0.3) is 0 Å². The van der Waals surface area contributed by atoms with E-state index in [9.17, 15) is 9.59 Å². The summed E-state index contributed by atoms with van der Waals surface area (Å²) in [5.41, 5.74) is 1.47. The lowest BCUT2D eigenvalue weighted by Gasteiger charge is -2.11. The van der Waals surface area contributed by atoms with E-state index in [1.54, 1.807) is 31.3 Å². The van der Waals surface area contributed by atoms with Crippen LogP contribution in [0, 0.1) is 5.92 Å². The van der Waals surface area contributed by atoms with Crippen LogP contribution < -0.4 is 4.90 Å². The fourth-order valence-electron chi connectivity index (χ4n) is 1.26. The van der Waals surface area contributed by atoms with Crippen molar-refractivity contribution in [1.82, 2.24) is 0 Å². The Morgan fingerprint density at radius 3 is 2.20 bits per heavy atom. The van der Waals surface area contributed by atoms with Crippen LogP contribution in [-0.2, 0) is 4.79 Å². The zero-order chi connectivity index (χ0) is 11.4. The maximum absolute atomic E-state index is 11.6. The van der Waals surface area contributed by atoms with E-state index in [2.05, 4.69) is 0 Å². The van der Waals surface area contributed by atoms with E-state index in [4.69, 9.17) is 0 Å². The van der Waals surface area contributed by atoms with Gasteiger partial charge in [0.1, 0.15) is 0 Å². The largest absolute Gasteiger partial charge is 0.318 e. The van der Waals surface area contributed by atoms with Crippen molar-refractivity contribution in [2.24, 2.45) is 5.92 Å². The smallest absolute Gasteiger partial charge is 0.213 e. The third kappa shape index (κ3) is 2.65. The first-order valence-electron chi connectivity index (χ1n) is 4.88. The van der Waals surface area contributed by atoms with Gasteiger partial charge < -0.3 is 4.90 Å². The van der Waals surface area contributed by atoms with Crippen molar-refractivity contribution in [2.45, 2.75) is 13.8 Å². The highest BCUT2D eigenvalue weighted by atomic mass is 16.1. The Kier molecular flexibility index (Phi) is 3.61. The minimum atomic E-state index is -0.000324. The molecular weight excluding hydrogens is 190 g/mol. The second-order valence-electron chi connectivity index (χ2n) is 3.78. The van der Waals surface area contributed by atoms with Gasteiger partial charge in [-0.05, 0) is 24.3 Å². The van der Waals surface area contributed by atoms with Crippen LogP contribution in [0.1, 0.15) is 24.2 Å². The number of rotatable bonds is 4. The molecule has 0 N–H and O–H groups in total. The second-order valence-corrected chi connectivity index (χ2v) is 3.78. The molecular formula is C12H15NO2. The summed E-state index contributed by atoms with van der Waals surface area (Å²) in [7, 11) is 1.67. The van der Waals surface area contributed by atoms with Crippen molar-refractivity contribution in [3.05, 3.63) is 29.8 Å². The van der Waals surface area contributed by atoms with Gasteiger partial charge in [0.15, 0.2) is 5.78 Å². The van der Waals surface area contributed by atoms with Crippen LogP contribution >= 0.6 is 0 Å². The maximum Gasteiger partial charge on any atom is 0.213 e. The summed E-state index contributed by atoms with van der Waals surface area (Å²) in [5.74, 6) is 0.120. The van der Waals surface area contributed by atoms with Crippen LogP contribution in [0.5, 0.6) is 0 Å². The van der Waals surface area contributed by atoms with E-state index in [0.29, 0.717) is 5.56 Å². The van der Waals surface area contributed by atoms with Gasteiger partial charge in [0.05, 0.1) is 0 Å². The second kappa shape index (κ2) is 4.73. The van der Waals surface area contributed by atoms with Crippen molar-refractivity contribution < 1.29 is 9.59 Å². The number of benzene rings is 1. The standard InChI is InChI=1S/C12H15NO2/c1-9(2)12(15)10-4-6-11(7-5-10)13(3)8-14/h4-9H,1-3H3. The van der Waals surface area contributed by atoms with Crippen LogP contribution in [0.4, 0.5) is 5.69 Å². The zero-order valence-corrected chi connectivity index (χ0v) is 9.23. The summed E-state index contributed by atoms with van der Waals surface area (Å²) in [4.78, 5) is 23.6. The van der Waals surface area contributed by atoms with E-state index in [-0.39, 0.29) is 11.7 Å². The van der Waals surface area contributed by atoms with Gasteiger partial charge in [0, 0.05) is 24.2 Å². The van der Waals surface area contributed by atoms with Gasteiger partial charge in [0.2, 0.25) is 6.41 Å². The van der Waals surface area contributed by atoms with Gasteiger partial charge in [0.25, 0.3) is 0 Å². The molecule has 0 atom stereocenters. The van der Waals surface area contributed by atoms with E-state index < -0.39 is 0 Å². The number of amides is 1. The summed E-state index contributed by atoms with van der Waals surface area (Å²) in [6.07, 6.45) is 0.735. The third-order valence-corrected chi connectivity index (χ3v) is 2.24. The number of nitrogens with zero attached hydrogens (tertiary/aromatic N) is 1. The van der Waals surface area contributed by atoms with Gasteiger partial charge in [-0.1, -0.05) is 13.8 Å². The molecule has 0 saturated heterocycles. The van der Waals surface area contributed by atoms with Gasteiger partial charge in [-0.2, -0.15) is 0 Å². The normalized spacial score (nSPS) is 10.1. The van der Waals surface area contributed by atoms with Gasteiger partial charge in [-0.3, -0.25) is 9.59 Å². The zero-order valence-electron chi connectivity index (χ0n) is 9.23. The van der Waals surface area contributed by atoms with Gasteiger partial charge in [-0.25, -0.2) is 0 Å². The summed E-state index contributed by atoms with van der Waals surface area (Å²) < 4.78 is 0. The molecule has 0 aliphatic carbocycles. The third-order valence-electron chi connectivity index (χ3n) is 2.24. The quantitative estimate of drug-likeness (QED) is 0.557. The first kappa shape index (κ1) is 11.4. The number of hydrogen-bond acceptors (Lipinski definition) is 2. The summed E-state index contributed by atoms with van der Waals surface area (Å²) in [6, 6.07) is 7.03. The van der Waals surface area contributed by atoms with Crippen molar-refractivity contribution in [1.29, 1.82) is 0 Å². The molecule has 1 rings (SSSR count). The molecule has 0 heterocycles. The minimum absolute atomic E-state index is 0.000324. The van der Waals surface area contributed by atoms with Crippen molar-refractivity contribution in [3.8, 4) is 0 Å². The topological polar surface area (TPSA) is 37.4 Å². The summed E-state index contributed by atoms with van der Waals surface area (Å²) >= 11 is 0. The Morgan fingerprint density at radius 2 is 1.80 bits per heavy atom. The number of anilines is 1. The molecule has 0 saturated carbocycles. The molecule has 1 aromatic rings. The lowest BCUT2D eigenvalue weighted by molar-refractivity contribution is -0.107. The molecule has 3 heteroatoms. The molecule has 0 bridgehead atoms. The molecule has 15 heavy (non-hydrogen) atoms. The lowest BCUT2D eigenvalue weighted by Crippen LogP contribution is -2.14. The van der Waals surface area contributed by atoms with Gasteiger partial charge in [-0.15, -0.1) is 0 Å². The molecule has 0 aromatic heterocycles. The van der Waals surface area contributed by atoms with Gasteiger partial charge >= 0.3 is 0 Å². The van der Waals surface area contributed by atoms with E-state index in [1.165, 1.54) is 4.90 Å². The number of carbonyl (C=O) groups excluding carboxylic acids is 2. The monoisotopic (exact) mass is 205 g/mol. The van der Waals surface area contributed by atoms with Crippen LogP contribution in [0.2, 0.25) is 0 Å². The Bertz CT molecular complexity index is 354. The Morgan fingerprint density at radius 1 is 1.27 bits per heavy atom. The highest BCUT2D eigenvalue weighted by molar-refractivity contribution is 5.97. The molecule has 0 radical (unpaired) electrons. The summed E-state index contributed by atoms with van der Waals surface area (Å²) in [6.45, 7) is 3.74. The predicted molar refractivity (Wildman–Crippen MR) is 60.1 cm³/mol. The molecule has 0 aliphatic rings. The molecule has 1 amide bonds. The number of Topliss-reactive ketones (excluding diaryl/α,β-unsaturated/α-hetero) is 1. The molecule has 1 aromatic carbocycles. The lowest BCUT2D eigenvalue weighted by atomic mass is 10.0. The maximum atomic E-state index is 11.6. The molecule has 0 spiro atoms. The highest BCUT2D eigenvalue weighted by Gasteiger charge is 2.10. The van der Waals surface area contributed by atoms with Crippen molar-refractivity contribution in [3.63, 3.8) is 0 Å². The predicted octanol–water partition coefficient (Wildman–Crippen LogP) is 2.12. The van der Waals surface area contributed by atoms with Crippen LogP contribution in [0.3, 0.4) is 0 Å². The Balaban J connectivity index is 2.90. The number of carbonyl (C=O) groups is 2. The van der Waals surface area contributed by atoms with E-state index in [0.717, 1.165) is 12.1 Å². The average molecular weight is 205 g/mol. The fraction of sp³-hybridized carbons (Fsp3) is 0.333. The molecule has 0 aliphatic heterocycles. The van der Waals surface area contributed by atoms with Crippen LogP contribution in [0.15, 0.2) is 24.3 Å². The Labute approximate surface area is 89.7 Å². The van der Waals surface area contributed by atoms with E-state index >= 15 is 0 Å². The highest BCUT2D eigenvalue weighted by Crippen LogP contribution is 2.15. The number of hydrogen-bond donors (Lipinski definition) is 0. The van der Waals surface area contributed by atoms with Crippen molar-refractivity contribution in [2.75, 3.05) is 11.9 Å². The molecule has 0 fully saturated rings. The van der Waals surface area contributed by atoms with E-state index in [1.807, 2.05) is 13.8 Å². The van der Waals surface area contributed by atoms with Crippen LogP contribution in [-0.4, -0.2) is 19.2 Å². The van der Waals surface area contributed by atoms with Crippen molar-refractivity contribution >= 4 is 17.9 Å². The minimum Gasteiger partial charge on any atom is -0.318 e. The number of ketones is 1. The SMILES string of the molecule is CC(C)C(=O)c1ccc(N(C)C=O)cc1. The molecule has 0 unspecified atom stereocenters. The molecule has 80 valence electrons. The molecule has 3 nitrogen and oxygen atoms in total. The first-order valence-corrected chi connectivity index (χ1v) is 4.88.